The fourth-order valence-corrected chi connectivity index (χ4v) is 4.01. The van der Waals surface area contributed by atoms with Gasteiger partial charge in [0.05, 0.1) is 0 Å². The third-order valence-electron chi connectivity index (χ3n) is 5.65. The molecule has 5 rings (SSSR count). The lowest BCUT2D eigenvalue weighted by molar-refractivity contribution is 0.174. The van der Waals surface area contributed by atoms with Crippen LogP contribution in [0.25, 0.3) is 10.8 Å². The van der Waals surface area contributed by atoms with E-state index < -0.39 is 0 Å². The molecule has 1 aliphatic heterocycles. The Morgan fingerprint density at radius 3 is 1.90 bits per heavy atom. The molecule has 0 atom stereocenters. The molecule has 0 aliphatic carbocycles. The van der Waals surface area contributed by atoms with Crippen molar-refractivity contribution in [3.8, 4) is 11.5 Å². The van der Waals surface area contributed by atoms with Crippen molar-refractivity contribution in [2.75, 3.05) is 6.79 Å². The molecule has 0 saturated carbocycles. The van der Waals surface area contributed by atoms with Crippen LogP contribution in [0.4, 0.5) is 0 Å². The first-order valence-corrected chi connectivity index (χ1v) is 10.3. The minimum Gasteiger partial charge on any atom is -0.454 e. The average Bonchev–Trinajstić information content (AvgIpc) is 3.24. The molecule has 0 amide bonds. The van der Waals surface area contributed by atoms with Gasteiger partial charge >= 0.3 is 0 Å². The Morgan fingerprint density at radius 1 is 0.483 bits per heavy atom. The fourth-order valence-electron chi connectivity index (χ4n) is 4.01. The van der Waals surface area contributed by atoms with Crippen LogP contribution in [0, 0.1) is 0 Å². The van der Waals surface area contributed by atoms with Gasteiger partial charge < -0.3 is 9.47 Å². The number of aryl methyl sites for hydroxylation is 4. The second-order valence-corrected chi connectivity index (χ2v) is 7.69. The lowest BCUT2D eigenvalue weighted by Crippen LogP contribution is -1.95. The summed E-state index contributed by atoms with van der Waals surface area (Å²) < 4.78 is 10.9. The number of rotatable bonds is 6. The minimum absolute atomic E-state index is 0.331. The molecule has 1 aliphatic rings. The van der Waals surface area contributed by atoms with E-state index in [2.05, 4.69) is 78.9 Å². The van der Waals surface area contributed by atoms with E-state index in [9.17, 15) is 0 Å². The van der Waals surface area contributed by atoms with E-state index in [1.807, 2.05) is 6.07 Å². The third-order valence-corrected chi connectivity index (χ3v) is 5.65. The Morgan fingerprint density at radius 2 is 1.10 bits per heavy atom. The molecule has 2 heteroatoms. The van der Waals surface area contributed by atoms with E-state index in [4.69, 9.17) is 9.47 Å². The second kappa shape index (κ2) is 8.00. The van der Waals surface area contributed by atoms with Gasteiger partial charge in [-0.05, 0) is 70.8 Å². The summed E-state index contributed by atoms with van der Waals surface area (Å²) in [4.78, 5) is 0. The number of fused-ring (bicyclic) bond motifs is 2. The smallest absolute Gasteiger partial charge is 0.231 e. The third kappa shape index (κ3) is 4.12. The highest BCUT2D eigenvalue weighted by molar-refractivity contribution is 5.83. The van der Waals surface area contributed by atoms with Crippen LogP contribution in [-0.2, 0) is 25.7 Å². The van der Waals surface area contributed by atoms with Gasteiger partial charge in [0.25, 0.3) is 0 Å². The predicted octanol–water partition coefficient (Wildman–Crippen LogP) is 6.14. The summed E-state index contributed by atoms with van der Waals surface area (Å²) in [6, 6.07) is 30.6. The first-order valence-electron chi connectivity index (χ1n) is 10.3. The fraction of sp³-hybridized carbons (Fsp3) is 0.185. The van der Waals surface area contributed by atoms with Gasteiger partial charge in [-0.15, -0.1) is 0 Å². The summed E-state index contributed by atoms with van der Waals surface area (Å²) in [6.45, 7) is 0.331. The monoisotopic (exact) mass is 380 g/mol. The molecule has 0 unspecified atom stereocenters. The van der Waals surface area contributed by atoms with Gasteiger partial charge in [-0.1, -0.05) is 72.8 Å². The van der Waals surface area contributed by atoms with Crippen LogP contribution in [-0.4, -0.2) is 6.79 Å². The van der Waals surface area contributed by atoms with E-state index in [1.54, 1.807) is 0 Å². The van der Waals surface area contributed by atoms with Crippen molar-refractivity contribution >= 4 is 10.8 Å². The Bertz CT molecular complexity index is 1150. The van der Waals surface area contributed by atoms with Gasteiger partial charge in [-0.2, -0.15) is 0 Å². The Kier molecular flexibility index (Phi) is 4.92. The van der Waals surface area contributed by atoms with Crippen molar-refractivity contribution in [2.24, 2.45) is 0 Å². The Labute approximate surface area is 171 Å². The molecular weight excluding hydrogens is 356 g/mol. The van der Waals surface area contributed by atoms with Crippen LogP contribution in [0.1, 0.15) is 22.3 Å². The summed E-state index contributed by atoms with van der Waals surface area (Å²) >= 11 is 0. The van der Waals surface area contributed by atoms with E-state index in [0.29, 0.717) is 6.79 Å². The number of hydrogen-bond acceptors (Lipinski definition) is 2. The summed E-state index contributed by atoms with van der Waals surface area (Å²) in [5.41, 5.74) is 5.48. The first-order chi connectivity index (χ1) is 14.3. The molecule has 0 spiro atoms. The number of benzene rings is 4. The highest BCUT2D eigenvalue weighted by atomic mass is 16.7. The summed E-state index contributed by atoms with van der Waals surface area (Å²) in [5.74, 6) is 1.72. The largest absolute Gasteiger partial charge is 0.454 e. The highest BCUT2D eigenvalue weighted by Crippen LogP contribution is 2.32. The molecule has 2 nitrogen and oxygen atoms in total. The quantitative estimate of drug-likeness (QED) is 0.400. The van der Waals surface area contributed by atoms with Gasteiger partial charge in [0, 0.05) is 0 Å². The highest BCUT2D eigenvalue weighted by Gasteiger charge is 2.13. The van der Waals surface area contributed by atoms with E-state index >= 15 is 0 Å². The zero-order chi connectivity index (χ0) is 19.5. The van der Waals surface area contributed by atoms with Crippen LogP contribution in [0.2, 0.25) is 0 Å². The molecule has 29 heavy (non-hydrogen) atoms. The molecule has 0 saturated heterocycles. The maximum Gasteiger partial charge on any atom is 0.231 e. The van der Waals surface area contributed by atoms with Crippen LogP contribution < -0.4 is 9.47 Å². The summed E-state index contributed by atoms with van der Waals surface area (Å²) in [7, 11) is 0. The normalized spacial score (nSPS) is 12.4. The lowest BCUT2D eigenvalue weighted by Gasteiger charge is -2.08. The molecule has 0 N–H and O–H groups in total. The van der Waals surface area contributed by atoms with Crippen molar-refractivity contribution in [3.05, 3.63) is 107 Å². The molecule has 0 radical (unpaired) electrons. The second-order valence-electron chi connectivity index (χ2n) is 7.69. The molecule has 0 fully saturated rings. The van der Waals surface area contributed by atoms with Crippen LogP contribution in [0.5, 0.6) is 11.5 Å². The molecule has 144 valence electrons. The summed E-state index contributed by atoms with van der Waals surface area (Å²) in [5, 5.41) is 2.63. The average molecular weight is 380 g/mol. The zero-order valence-electron chi connectivity index (χ0n) is 16.4. The maximum atomic E-state index is 5.49. The number of hydrogen-bond donors (Lipinski definition) is 0. The van der Waals surface area contributed by atoms with E-state index in [0.717, 1.165) is 37.2 Å². The molecule has 0 aromatic heterocycles. The van der Waals surface area contributed by atoms with Gasteiger partial charge in [-0.25, -0.2) is 0 Å². The van der Waals surface area contributed by atoms with Crippen LogP contribution >= 0.6 is 0 Å². The standard InChI is InChI=1S/C27H24O2/c1-2-7-25-17-22(12-14-24(25)6-1)10-8-20-4-3-5-21(16-20)9-11-23-13-15-26-27(18-23)29-19-28-26/h1-7,12-18H,8-11,19H2. The van der Waals surface area contributed by atoms with Gasteiger partial charge in [0.1, 0.15) is 0 Å². The zero-order valence-corrected chi connectivity index (χ0v) is 16.4. The SMILES string of the molecule is c1cc(CCc2ccc3c(c2)OCO3)cc(CCc2ccc3ccccc3c2)c1. The Balaban J connectivity index is 1.22. The topological polar surface area (TPSA) is 18.5 Å². The molecule has 4 aromatic rings. The predicted molar refractivity (Wildman–Crippen MR) is 118 cm³/mol. The minimum atomic E-state index is 0.331. The van der Waals surface area contributed by atoms with Crippen molar-refractivity contribution in [1.29, 1.82) is 0 Å². The molecule has 1 heterocycles. The van der Waals surface area contributed by atoms with Gasteiger partial charge in [0.15, 0.2) is 11.5 Å². The molecule has 0 bridgehead atoms. The van der Waals surface area contributed by atoms with Gasteiger partial charge in [0.2, 0.25) is 6.79 Å². The van der Waals surface area contributed by atoms with Crippen LogP contribution in [0.15, 0.2) is 84.9 Å². The van der Waals surface area contributed by atoms with Crippen molar-refractivity contribution in [2.45, 2.75) is 25.7 Å². The molecule has 4 aromatic carbocycles. The van der Waals surface area contributed by atoms with Gasteiger partial charge in [-0.3, -0.25) is 0 Å². The maximum absolute atomic E-state index is 5.49. The van der Waals surface area contributed by atoms with Crippen molar-refractivity contribution in [3.63, 3.8) is 0 Å². The first kappa shape index (κ1) is 17.8. The summed E-state index contributed by atoms with van der Waals surface area (Å²) in [6.07, 6.45) is 4.17. The van der Waals surface area contributed by atoms with Crippen molar-refractivity contribution < 1.29 is 9.47 Å². The van der Waals surface area contributed by atoms with E-state index in [1.165, 1.54) is 33.0 Å². The van der Waals surface area contributed by atoms with Crippen LogP contribution in [0.3, 0.4) is 0 Å². The van der Waals surface area contributed by atoms with E-state index in [-0.39, 0.29) is 0 Å². The Hall–Kier alpha value is -3.26. The lowest BCUT2D eigenvalue weighted by atomic mass is 9.98. The van der Waals surface area contributed by atoms with Crippen molar-refractivity contribution in [1.82, 2.24) is 0 Å². The number of ether oxygens (including phenoxy) is 2. The molecular formula is C27H24O2.